The van der Waals surface area contributed by atoms with E-state index in [0.29, 0.717) is 43.4 Å². The highest BCUT2D eigenvalue weighted by Gasteiger charge is 2.45. The highest BCUT2D eigenvalue weighted by atomic mass is 19.4. The van der Waals surface area contributed by atoms with Crippen molar-refractivity contribution < 1.29 is 76.7 Å². The highest BCUT2D eigenvalue weighted by molar-refractivity contribution is 5.48. The van der Waals surface area contributed by atoms with Crippen molar-refractivity contribution in [1.82, 2.24) is 9.97 Å². The van der Waals surface area contributed by atoms with Gasteiger partial charge in [-0.05, 0) is 86.3 Å². The average Bonchev–Trinajstić information content (AvgIpc) is 3.64. The van der Waals surface area contributed by atoms with Crippen molar-refractivity contribution in [3.8, 4) is 23.0 Å². The van der Waals surface area contributed by atoms with Gasteiger partial charge >= 0.3 is 24.7 Å². The number of aromatic nitrogens is 2. The molecule has 4 bridgehead atoms. The third kappa shape index (κ3) is 10.6. The molecular weight excluding hydrogens is 868 g/mol. The van der Waals surface area contributed by atoms with Gasteiger partial charge in [-0.2, -0.15) is 52.7 Å². The predicted octanol–water partition coefficient (Wildman–Crippen LogP) is 11.1. The van der Waals surface area contributed by atoms with E-state index in [-0.39, 0.29) is 60.4 Å². The second-order valence-corrected chi connectivity index (χ2v) is 15.7. The van der Waals surface area contributed by atoms with Crippen LogP contribution in [0.25, 0.3) is 0 Å². The largest absolute Gasteiger partial charge is 0.504 e. The summed E-state index contributed by atoms with van der Waals surface area (Å²) in [6, 6.07) is 10.4. The number of nitrogens with zero attached hydrogens (tertiary/aromatic N) is 4. The Balaban J connectivity index is 0.000000190. The maximum absolute atomic E-state index is 13.1. The van der Waals surface area contributed by atoms with Crippen LogP contribution in [0.3, 0.4) is 0 Å². The highest BCUT2D eigenvalue weighted by Crippen LogP contribution is 2.45. The number of aromatic hydroxyl groups is 1. The number of benzene rings is 2. The first-order valence-corrected chi connectivity index (χ1v) is 19.8. The first-order valence-electron chi connectivity index (χ1n) is 19.8. The molecule has 4 fully saturated rings. The van der Waals surface area contributed by atoms with E-state index in [1.165, 1.54) is 25.3 Å². The van der Waals surface area contributed by atoms with Gasteiger partial charge in [0.15, 0.2) is 29.8 Å². The monoisotopic (exact) mass is 908 g/mol. The van der Waals surface area contributed by atoms with Crippen molar-refractivity contribution in [2.45, 2.75) is 112 Å². The van der Waals surface area contributed by atoms with Crippen LogP contribution in [0.1, 0.15) is 73.6 Å². The minimum atomic E-state index is -4.56. The van der Waals surface area contributed by atoms with Crippen LogP contribution in [0, 0.1) is 0 Å². The third-order valence-corrected chi connectivity index (χ3v) is 11.5. The number of piperidine rings is 2. The van der Waals surface area contributed by atoms with Crippen LogP contribution in [0.15, 0.2) is 73.1 Å². The van der Waals surface area contributed by atoms with Crippen LogP contribution in [0.4, 0.5) is 64.3 Å². The van der Waals surface area contributed by atoms with E-state index in [4.69, 9.17) is 18.9 Å². The molecule has 342 valence electrons. The van der Waals surface area contributed by atoms with E-state index in [1.807, 2.05) is 9.80 Å². The molecular formula is C42H40F12N4O5. The fourth-order valence-corrected chi connectivity index (χ4v) is 8.78. The quantitative estimate of drug-likeness (QED) is 0.130. The Labute approximate surface area is 352 Å². The summed E-state index contributed by atoms with van der Waals surface area (Å²) in [5, 5.41) is 9.92. The molecule has 4 aliphatic heterocycles. The molecule has 2 unspecified atom stereocenters. The number of rotatable bonds is 9. The maximum atomic E-state index is 13.1. The zero-order chi connectivity index (χ0) is 45.5. The number of phenols is 1. The molecule has 0 aliphatic carbocycles. The van der Waals surface area contributed by atoms with Crippen molar-refractivity contribution in [1.29, 1.82) is 0 Å². The molecule has 2 aromatic heterocycles. The van der Waals surface area contributed by atoms with Crippen LogP contribution in [-0.2, 0) is 29.4 Å². The van der Waals surface area contributed by atoms with E-state index in [1.54, 1.807) is 0 Å². The number of pyridine rings is 2. The van der Waals surface area contributed by atoms with Crippen molar-refractivity contribution in [2.24, 2.45) is 0 Å². The van der Waals surface area contributed by atoms with Crippen LogP contribution >= 0.6 is 0 Å². The predicted molar refractivity (Wildman–Crippen MR) is 201 cm³/mol. The van der Waals surface area contributed by atoms with Gasteiger partial charge in [0.1, 0.15) is 23.8 Å². The molecule has 6 heterocycles. The molecule has 4 saturated heterocycles. The van der Waals surface area contributed by atoms with Gasteiger partial charge < -0.3 is 33.9 Å². The van der Waals surface area contributed by atoms with Gasteiger partial charge in [0.25, 0.3) is 0 Å². The van der Waals surface area contributed by atoms with E-state index < -0.39 is 52.7 Å². The Morgan fingerprint density at radius 1 is 0.524 bits per heavy atom. The number of halogens is 12. The van der Waals surface area contributed by atoms with Gasteiger partial charge in [0.2, 0.25) is 0 Å². The molecule has 6 atom stereocenters. The lowest BCUT2D eigenvalue weighted by Crippen LogP contribution is -2.46. The Morgan fingerprint density at radius 3 is 1.27 bits per heavy atom. The summed E-state index contributed by atoms with van der Waals surface area (Å²) in [5.74, 6) is 0.466. The fraction of sp³-hybridized carbons (Fsp3) is 0.476. The van der Waals surface area contributed by atoms with E-state index in [9.17, 15) is 57.8 Å². The molecule has 63 heavy (non-hydrogen) atoms. The molecule has 8 rings (SSSR count). The molecule has 21 heteroatoms. The summed E-state index contributed by atoms with van der Waals surface area (Å²) in [4.78, 5) is 12.0. The first kappa shape index (κ1) is 45.7. The lowest BCUT2D eigenvalue weighted by Gasteiger charge is -2.39. The number of phenolic OH excluding ortho intramolecular Hbond substituents is 1. The van der Waals surface area contributed by atoms with Crippen molar-refractivity contribution in [2.75, 3.05) is 23.7 Å². The van der Waals surface area contributed by atoms with Crippen LogP contribution in [0.2, 0.25) is 0 Å². The average molecular weight is 909 g/mol. The summed E-state index contributed by atoms with van der Waals surface area (Å²) in [5.41, 5.74) is -3.43. The molecule has 0 radical (unpaired) electrons. The standard InChI is InChI=1S/C22H22F6N2O3.C20H18F6N2O2/c1-31-12-32-19-8-13(21(23,24)25)2-6-18(19)33-17-9-15-4-5-16(10-17)30(15)20-7-3-14(11-29-20)22(26,27)28;21-19(22,23)11-1-5-17(16(29)7-11)30-15-8-13-3-4-14(9-15)28(13)18-6-2-12(10-27-18)20(24,25)26/h2-3,6-8,11,15-17H,4-5,9-10,12H2,1H3;1-2,5-7,10,13-15,29H,3-4,8-9H2/t15-,16+,17?;13-,14+,15?. The maximum Gasteiger partial charge on any atom is 0.417 e. The first-order chi connectivity index (χ1) is 29.6. The van der Waals surface area contributed by atoms with Crippen LogP contribution < -0.4 is 24.0 Å². The summed E-state index contributed by atoms with van der Waals surface area (Å²) < 4.78 is 176. The van der Waals surface area contributed by atoms with E-state index in [0.717, 1.165) is 74.5 Å². The van der Waals surface area contributed by atoms with Crippen LogP contribution in [0.5, 0.6) is 23.0 Å². The Morgan fingerprint density at radius 2 is 0.905 bits per heavy atom. The van der Waals surface area contributed by atoms with Crippen molar-refractivity contribution in [3.63, 3.8) is 0 Å². The van der Waals surface area contributed by atoms with Gasteiger partial charge in [-0.3, -0.25) is 0 Å². The molecule has 4 aromatic rings. The van der Waals surface area contributed by atoms with Gasteiger partial charge in [0.05, 0.1) is 22.3 Å². The Bertz CT molecular complexity index is 2160. The number of anilines is 2. The number of alkyl halides is 12. The SMILES string of the molecule is COCOc1cc(C(F)(F)F)ccc1OC1C[C@H]2CC[C@@H](C1)N2c1ccc(C(F)(F)F)cn1.Oc1cc(C(F)(F)F)ccc1OC1C[C@H]2CC[C@@H](C1)N2c1ccc(C(F)(F)F)cn1. The fourth-order valence-electron chi connectivity index (χ4n) is 8.78. The minimum Gasteiger partial charge on any atom is -0.504 e. The summed E-state index contributed by atoms with van der Waals surface area (Å²) >= 11 is 0. The molecule has 0 amide bonds. The Hall–Kier alpha value is -5.34. The third-order valence-electron chi connectivity index (χ3n) is 11.5. The van der Waals surface area contributed by atoms with Gasteiger partial charge in [0, 0.05) is 69.4 Å². The zero-order valence-electron chi connectivity index (χ0n) is 33.2. The molecule has 1 N–H and O–H groups in total. The lowest BCUT2D eigenvalue weighted by molar-refractivity contribution is -0.138. The van der Waals surface area contributed by atoms with Gasteiger partial charge in [-0.15, -0.1) is 0 Å². The smallest absolute Gasteiger partial charge is 0.417 e. The van der Waals surface area contributed by atoms with Crippen LogP contribution in [-0.4, -0.2) is 65.4 Å². The number of methoxy groups -OCH3 is 1. The van der Waals surface area contributed by atoms with Crippen molar-refractivity contribution >= 4 is 11.6 Å². The minimum absolute atomic E-state index is 0.00502. The number of fused-ring (bicyclic) bond motifs is 4. The Kier molecular flexibility index (Phi) is 12.8. The van der Waals surface area contributed by atoms with E-state index in [2.05, 4.69) is 9.97 Å². The summed E-state index contributed by atoms with van der Waals surface area (Å²) in [6.07, 6.45) is -11.5. The molecule has 0 spiro atoms. The second-order valence-electron chi connectivity index (χ2n) is 15.7. The number of hydrogen-bond donors (Lipinski definition) is 1. The molecule has 2 aromatic carbocycles. The summed E-state index contributed by atoms with van der Waals surface area (Å²) in [7, 11) is 1.36. The van der Waals surface area contributed by atoms with Gasteiger partial charge in [-0.25, -0.2) is 9.97 Å². The van der Waals surface area contributed by atoms with Gasteiger partial charge in [-0.1, -0.05) is 0 Å². The second kappa shape index (κ2) is 17.7. The molecule has 4 aliphatic rings. The number of hydrogen-bond acceptors (Lipinski definition) is 9. The topological polar surface area (TPSA) is 89.4 Å². The molecule has 9 nitrogen and oxygen atoms in total. The van der Waals surface area contributed by atoms with E-state index >= 15 is 0 Å². The lowest BCUT2D eigenvalue weighted by atomic mass is 9.99. The normalized spacial score (nSPS) is 23.6. The number of ether oxygens (including phenoxy) is 4. The van der Waals surface area contributed by atoms with Crippen molar-refractivity contribution in [3.05, 3.63) is 95.3 Å². The summed E-state index contributed by atoms with van der Waals surface area (Å²) in [6.45, 7) is -0.235. The molecule has 0 saturated carbocycles. The zero-order valence-corrected chi connectivity index (χ0v) is 33.2.